The zero-order valence-electron chi connectivity index (χ0n) is 9.86. The summed E-state index contributed by atoms with van der Waals surface area (Å²) in [6.45, 7) is 7.25. The molecule has 0 saturated carbocycles. The molecule has 86 valence electrons. The Morgan fingerprint density at radius 3 is 2.81 bits per heavy atom. The van der Waals surface area contributed by atoms with Gasteiger partial charge in [0, 0.05) is 17.6 Å². The van der Waals surface area contributed by atoms with Crippen molar-refractivity contribution in [3.05, 3.63) is 16.1 Å². The molecule has 0 atom stereocenters. The van der Waals surface area contributed by atoms with E-state index < -0.39 is 5.41 Å². The normalized spacial score (nSPS) is 17.6. The molecule has 0 aromatic carbocycles. The third-order valence-corrected chi connectivity index (χ3v) is 4.25. The molecule has 1 aliphatic rings. The van der Waals surface area contributed by atoms with Gasteiger partial charge in [0.15, 0.2) is 0 Å². The molecule has 0 aliphatic carbocycles. The maximum absolute atomic E-state index is 9.05. The van der Waals surface area contributed by atoms with Crippen molar-refractivity contribution in [2.75, 3.05) is 13.1 Å². The standard InChI is InChI=1S/C12H17N3S/c1-12(2,9-13)11-14-7-10(16-11)8-15-5-3-4-6-15/h7H,3-6,8H2,1-2H3. The number of aromatic nitrogens is 1. The highest BCUT2D eigenvalue weighted by Gasteiger charge is 2.24. The van der Waals surface area contributed by atoms with Crippen LogP contribution >= 0.6 is 11.3 Å². The predicted octanol–water partition coefficient (Wildman–Crippen LogP) is 2.54. The molecule has 1 aromatic rings. The molecule has 2 heterocycles. The van der Waals surface area contributed by atoms with Crippen molar-refractivity contribution in [2.45, 2.75) is 38.6 Å². The highest BCUT2D eigenvalue weighted by molar-refractivity contribution is 7.11. The Labute approximate surface area is 101 Å². The fourth-order valence-electron chi connectivity index (χ4n) is 1.88. The monoisotopic (exact) mass is 235 g/mol. The summed E-state index contributed by atoms with van der Waals surface area (Å²) in [5.74, 6) is 0. The fraction of sp³-hybridized carbons (Fsp3) is 0.667. The third kappa shape index (κ3) is 2.42. The summed E-state index contributed by atoms with van der Waals surface area (Å²) in [4.78, 5) is 8.10. The summed E-state index contributed by atoms with van der Waals surface area (Å²) in [7, 11) is 0. The lowest BCUT2D eigenvalue weighted by atomic mass is 9.97. The Hall–Kier alpha value is -0.920. The molecule has 0 N–H and O–H groups in total. The predicted molar refractivity (Wildman–Crippen MR) is 65.3 cm³/mol. The summed E-state index contributed by atoms with van der Waals surface area (Å²) in [5.41, 5.74) is -0.450. The molecule has 0 radical (unpaired) electrons. The van der Waals surface area contributed by atoms with E-state index in [0.717, 1.165) is 11.6 Å². The summed E-state index contributed by atoms with van der Waals surface area (Å²) in [5, 5.41) is 9.98. The molecule has 16 heavy (non-hydrogen) atoms. The average Bonchev–Trinajstić information content (AvgIpc) is 2.89. The maximum atomic E-state index is 9.05. The van der Waals surface area contributed by atoms with Gasteiger partial charge in [0.25, 0.3) is 0 Å². The highest BCUT2D eigenvalue weighted by atomic mass is 32.1. The smallest absolute Gasteiger partial charge is 0.113 e. The van der Waals surface area contributed by atoms with Crippen LogP contribution in [0, 0.1) is 11.3 Å². The van der Waals surface area contributed by atoms with E-state index in [0.29, 0.717) is 0 Å². The lowest BCUT2D eigenvalue weighted by molar-refractivity contribution is 0.334. The van der Waals surface area contributed by atoms with Crippen LogP contribution in [-0.4, -0.2) is 23.0 Å². The van der Waals surface area contributed by atoms with E-state index in [-0.39, 0.29) is 0 Å². The van der Waals surface area contributed by atoms with Crippen molar-refractivity contribution >= 4 is 11.3 Å². The Balaban J connectivity index is 2.05. The second kappa shape index (κ2) is 4.52. The van der Waals surface area contributed by atoms with Gasteiger partial charge in [-0.25, -0.2) is 4.98 Å². The van der Waals surface area contributed by atoms with Crippen molar-refractivity contribution in [2.24, 2.45) is 0 Å². The van der Waals surface area contributed by atoms with Crippen LogP contribution in [0.2, 0.25) is 0 Å². The number of thiazole rings is 1. The van der Waals surface area contributed by atoms with Crippen LogP contribution < -0.4 is 0 Å². The Morgan fingerprint density at radius 2 is 2.19 bits per heavy atom. The molecular weight excluding hydrogens is 218 g/mol. The van der Waals surface area contributed by atoms with E-state index in [2.05, 4.69) is 16.0 Å². The molecule has 0 bridgehead atoms. The first-order valence-electron chi connectivity index (χ1n) is 5.70. The Kier molecular flexibility index (Phi) is 3.27. The minimum Gasteiger partial charge on any atom is -0.298 e. The minimum atomic E-state index is -0.450. The molecule has 3 nitrogen and oxygen atoms in total. The average molecular weight is 235 g/mol. The molecule has 0 spiro atoms. The summed E-state index contributed by atoms with van der Waals surface area (Å²) in [6, 6.07) is 2.30. The largest absolute Gasteiger partial charge is 0.298 e. The van der Waals surface area contributed by atoms with Crippen LogP contribution in [0.15, 0.2) is 6.20 Å². The van der Waals surface area contributed by atoms with Crippen molar-refractivity contribution in [1.29, 1.82) is 5.26 Å². The van der Waals surface area contributed by atoms with Gasteiger partial charge in [0.1, 0.15) is 10.4 Å². The molecular formula is C12H17N3S. The zero-order valence-corrected chi connectivity index (χ0v) is 10.7. The maximum Gasteiger partial charge on any atom is 0.113 e. The summed E-state index contributed by atoms with van der Waals surface area (Å²) >= 11 is 1.68. The summed E-state index contributed by atoms with van der Waals surface area (Å²) < 4.78 is 0. The van der Waals surface area contributed by atoms with Gasteiger partial charge in [-0.3, -0.25) is 4.90 Å². The van der Waals surface area contributed by atoms with E-state index in [9.17, 15) is 0 Å². The van der Waals surface area contributed by atoms with Gasteiger partial charge >= 0.3 is 0 Å². The second-order valence-corrected chi connectivity index (χ2v) is 5.97. The van der Waals surface area contributed by atoms with Crippen LogP contribution in [0.4, 0.5) is 0 Å². The van der Waals surface area contributed by atoms with Crippen molar-refractivity contribution in [3.63, 3.8) is 0 Å². The molecule has 1 fully saturated rings. The molecule has 0 unspecified atom stereocenters. The number of hydrogen-bond acceptors (Lipinski definition) is 4. The third-order valence-electron chi connectivity index (χ3n) is 2.95. The van der Waals surface area contributed by atoms with E-state index >= 15 is 0 Å². The first-order valence-corrected chi connectivity index (χ1v) is 6.52. The molecule has 1 aromatic heterocycles. The van der Waals surface area contributed by atoms with Gasteiger partial charge in [-0.05, 0) is 39.8 Å². The van der Waals surface area contributed by atoms with E-state index in [1.807, 2.05) is 20.0 Å². The first kappa shape index (κ1) is 11.6. The minimum absolute atomic E-state index is 0.450. The number of nitrogens with zero attached hydrogens (tertiary/aromatic N) is 3. The van der Waals surface area contributed by atoms with E-state index in [4.69, 9.17) is 5.26 Å². The van der Waals surface area contributed by atoms with Crippen molar-refractivity contribution in [3.8, 4) is 6.07 Å². The van der Waals surface area contributed by atoms with Crippen molar-refractivity contribution in [1.82, 2.24) is 9.88 Å². The molecule has 1 saturated heterocycles. The second-order valence-electron chi connectivity index (χ2n) is 4.85. The van der Waals surface area contributed by atoms with Crippen LogP contribution in [-0.2, 0) is 12.0 Å². The molecule has 1 aliphatic heterocycles. The van der Waals surface area contributed by atoms with Crippen LogP contribution in [0.5, 0.6) is 0 Å². The van der Waals surface area contributed by atoms with E-state index in [1.54, 1.807) is 11.3 Å². The zero-order chi connectivity index (χ0) is 11.6. The summed E-state index contributed by atoms with van der Waals surface area (Å²) in [6.07, 6.45) is 4.56. The number of likely N-dealkylation sites (tertiary alicyclic amines) is 1. The van der Waals surface area contributed by atoms with Gasteiger partial charge in [-0.2, -0.15) is 5.26 Å². The number of hydrogen-bond donors (Lipinski definition) is 0. The molecule has 0 amide bonds. The van der Waals surface area contributed by atoms with Crippen LogP contribution in [0.3, 0.4) is 0 Å². The van der Waals surface area contributed by atoms with Gasteiger partial charge in [0.2, 0.25) is 0 Å². The quantitative estimate of drug-likeness (QED) is 0.808. The number of nitriles is 1. The van der Waals surface area contributed by atoms with Gasteiger partial charge in [0.05, 0.1) is 6.07 Å². The van der Waals surface area contributed by atoms with Gasteiger partial charge in [-0.15, -0.1) is 11.3 Å². The van der Waals surface area contributed by atoms with E-state index in [1.165, 1.54) is 30.8 Å². The topological polar surface area (TPSA) is 39.9 Å². The molecule has 2 rings (SSSR count). The van der Waals surface area contributed by atoms with Gasteiger partial charge < -0.3 is 0 Å². The van der Waals surface area contributed by atoms with Crippen LogP contribution in [0.1, 0.15) is 36.6 Å². The Morgan fingerprint density at radius 1 is 1.50 bits per heavy atom. The lowest BCUT2D eigenvalue weighted by Crippen LogP contribution is -2.17. The van der Waals surface area contributed by atoms with Crippen LogP contribution in [0.25, 0.3) is 0 Å². The molecule has 4 heteroatoms. The Bertz CT molecular complexity index is 397. The van der Waals surface area contributed by atoms with Gasteiger partial charge in [-0.1, -0.05) is 0 Å². The first-order chi connectivity index (χ1) is 7.62. The fourth-order valence-corrected chi connectivity index (χ4v) is 2.89. The SMILES string of the molecule is CC(C)(C#N)c1ncc(CN2CCCC2)s1. The lowest BCUT2D eigenvalue weighted by Gasteiger charge is -2.12. The van der Waals surface area contributed by atoms with Crippen molar-refractivity contribution < 1.29 is 0 Å². The highest BCUT2D eigenvalue weighted by Crippen LogP contribution is 2.27. The number of rotatable bonds is 3.